The number of carbonyl (C=O) groups is 1. The molecule has 1 aromatic rings. The number of rotatable bonds is 4. The molecule has 1 aromatic heterocycles. The Hall–Kier alpha value is -1.50. The lowest BCUT2D eigenvalue weighted by Crippen LogP contribution is -2.44. The molecule has 7 heteroatoms. The van der Waals surface area contributed by atoms with Gasteiger partial charge in [-0.3, -0.25) is 4.79 Å². The van der Waals surface area contributed by atoms with Gasteiger partial charge in [0.25, 0.3) is 11.7 Å². The highest BCUT2D eigenvalue weighted by molar-refractivity contribution is 5.90. The Bertz CT molecular complexity index is 332. The Balaban J connectivity index is 1.93. The van der Waals surface area contributed by atoms with Crippen LogP contribution in [0, 0.1) is 5.92 Å². The van der Waals surface area contributed by atoms with E-state index in [9.17, 15) is 4.79 Å². The second-order valence-electron chi connectivity index (χ2n) is 4.10. The number of hydrogen-bond donors (Lipinski definition) is 3. The van der Waals surface area contributed by atoms with Crippen molar-refractivity contribution >= 4 is 5.91 Å². The van der Waals surface area contributed by atoms with E-state index >= 15 is 0 Å². The summed E-state index contributed by atoms with van der Waals surface area (Å²) >= 11 is 0. The van der Waals surface area contributed by atoms with Crippen molar-refractivity contribution in [2.24, 2.45) is 11.7 Å². The van der Waals surface area contributed by atoms with Crippen LogP contribution in [-0.4, -0.2) is 39.1 Å². The van der Waals surface area contributed by atoms with Crippen molar-refractivity contribution in [3.63, 3.8) is 0 Å². The second kappa shape index (κ2) is 5.02. The lowest BCUT2D eigenvalue weighted by molar-refractivity contribution is 0.0913. The fraction of sp³-hybridized carbons (Fsp3) is 0.778. The summed E-state index contributed by atoms with van der Waals surface area (Å²) in [5, 5.41) is 15.7. The molecular weight excluding hydrogens is 208 g/mol. The van der Waals surface area contributed by atoms with Gasteiger partial charge in [-0.2, -0.15) is 5.21 Å². The van der Waals surface area contributed by atoms with E-state index in [2.05, 4.69) is 25.9 Å². The zero-order valence-corrected chi connectivity index (χ0v) is 9.02. The number of nitrogens with zero attached hydrogens (tertiary/aromatic N) is 3. The van der Waals surface area contributed by atoms with Crippen molar-refractivity contribution in [1.82, 2.24) is 25.9 Å². The maximum absolute atomic E-state index is 11.7. The SMILES string of the molecule is NCC(NC(=O)c1nn[nH]n1)C1CCCC1. The summed E-state index contributed by atoms with van der Waals surface area (Å²) in [5.74, 6) is 0.244. The van der Waals surface area contributed by atoms with Crippen LogP contribution in [0.4, 0.5) is 0 Å². The van der Waals surface area contributed by atoms with Crippen molar-refractivity contribution in [1.29, 1.82) is 0 Å². The minimum atomic E-state index is -0.309. The number of hydrogen-bond acceptors (Lipinski definition) is 5. The minimum Gasteiger partial charge on any atom is -0.345 e. The Morgan fingerprint density at radius 1 is 1.56 bits per heavy atom. The normalized spacial score (nSPS) is 18.6. The van der Waals surface area contributed by atoms with Gasteiger partial charge in [0.15, 0.2) is 0 Å². The third-order valence-corrected chi connectivity index (χ3v) is 3.09. The van der Waals surface area contributed by atoms with E-state index in [4.69, 9.17) is 5.73 Å². The highest BCUT2D eigenvalue weighted by atomic mass is 16.2. The zero-order chi connectivity index (χ0) is 11.4. The van der Waals surface area contributed by atoms with Crippen molar-refractivity contribution < 1.29 is 4.79 Å². The summed E-state index contributed by atoms with van der Waals surface area (Å²) in [6.07, 6.45) is 4.71. The lowest BCUT2D eigenvalue weighted by atomic mass is 9.98. The third kappa shape index (κ3) is 2.35. The minimum absolute atomic E-state index is 0.0218. The molecule has 1 fully saturated rings. The Kier molecular flexibility index (Phi) is 3.45. The summed E-state index contributed by atoms with van der Waals surface area (Å²) in [6.45, 7) is 0.453. The average molecular weight is 224 g/mol. The molecule has 0 bridgehead atoms. The first-order chi connectivity index (χ1) is 7.81. The van der Waals surface area contributed by atoms with E-state index in [0.717, 1.165) is 12.8 Å². The van der Waals surface area contributed by atoms with Gasteiger partial charge in [-0.25, -0.2) is 0 Å². The van der Waals surface area contributed by atoms with Gasteiger partial charge in [0.2, 0.25) is 0 Å². The number of aromatic amines is 1. The summed E-state index contributed by atoms with van der Waals surface area (Å²) in [7, 11) is 0. The van der Waals surface area contributed by atoms with Gasteiger partial charge in [-0.1, -0.05) is 12.8 Å². The topological polar surface area (TPSA) is 110 Å². The standard InChI is InChI=1S/C9H16N6O/c10-5-7(6-3-1-2-4-6)11-9(16)8-12-14-15-13-8/h6-7H,1-5,10H2,(H,11,16)(H,12,13,14,15). The van der Waals surface area contributed by atoms with Crippen molar-refractivity contribution in [2.75, 3.05) is 6.54 Å². The number of H-pyrrole nitrogens is 1. The van der Waals surface area contributed by atoms with Crippen molar-refractivity contribution in [2.45, 2.75) is 31.7 Å². The van der Waals surface area contributed by atoms with Crippen LogP contribution in [0.5, 0.6) is 0 Å². The number of tetrazole rings is 1. The molecule has 16 heavy (non-hydrogen) atoms. The van der Waals surface area contributed by atoms with Crippen molar-refractivity contribution in [3.05, 3.63) is 5.82 Å². The molecule has 2 rings (SSSR count). The summed E-state index contributed by atoms with van der Waals surface area (Å²) < 4.78 is 0. The number of aromatic nitrogens is 4. The number of nitrogens with one attached hydrogen (secondary N) is 2. The first-order valence-electron chi connectivity index (χ1n) is 5.55. The van der Waals surface area contributed by atoms with E-state index in [1.54, 1.807) is 0 Å². The van der Waals surface area contributed by atoms with E-state index in [1.807, 2.05) is 0 Å². The molecule has 0 saturated heterocycles. The number of nitrogens with two attached hydrogens (primary N) is 1. The van der Waals surface area contributed by atoms with Crippen LogP contribution in [0.3, 0.4) is 0 Å². The Labute approximate surface area is 93.2 Å². The van der Waals surface area contributed by atoms with Crippen LogP contribution in [0.15, 0.2) is 0 Å². The number of carbonyl (C=O) groups excluding carboxylic acids is 1. The van der Waals surface area contributed by atoms with Crippen LogP contribution in [0.2, 0.25) is 0 Å². The van der Waals surface area contributed by atoms with E-state index in [1.165, 1.54) is 12.8 Å². The van der Waals surface area contributed by atoms with Crippen LogP contribution in [-0.2, 0) is 0 Å². The highest BCUT2D eigenvalue weighted by Gasteiger charge is 2.26. The molecule has 88 valence electrons. The second-order valence-corrected chi connectivity index (χ2v) is 4.10. The molecule has 1 unspecified atom stereocenters. The highest BCUT2D eigenvalue weighted by Crippen LogP contribution is 2.27. The molecule has 1 aliphatic carbocycles. The summed E-state index contributed by atoms with van der Waals surface area (Å²) in [4.78, 5) is 11.7. The van der Waals surface area contributed by atoms with Gasteiger partial charge in [-0.05, 0) is 24.0 Å². The molecule has 1 heterocycles. The molecule has 1 atom stereocenters. The molecular formula is C9H16N6O. The molecule has 1 aliphatic rings. The molecule has 1 saturated carbocycles. The summed E-state index contributed by atoms with van der Waals surface area (Å²) in [6, 6.07) is 0.0218. The van der Waals surface area contributed by atoms with Gasteiger partial charge in [0.05, 0.1) is 0 Å². The molecule has 7 nitrogen and oxygen atoms in total. The quantitative estimate of drug-likeness (QED) is 0.635. The summed E-state index contributed by atoms with van der Waals surface area (Å²) in [5.41, 5.74) is 5.68. The molecule has 4 N–H and O–H groups in total. The largest absolute Gasteiger partial charge is 0.345 e. The van der Waals surface area contributed by atoms with Gasteiger partial charge in [-0.15, -0.1) is 10.2 Å². The molecule has 1 amide bonds. The smallest absolute Gasteiger partial charge is 0.293 e. The van der Waals surface area contributed by atoms with Crippen LogP contribution >= 0.6 is 0 Å². The number of amides is 1. The fourth-order valence-corrected chi connectivity index (χ4v) is 2.22. The predicted octanol–water partition coefficient (Wildman–Crippen LogP) is -0.553. The van der Waals surface area contributed by atoms with Crippen LogP contribution < -0.4 is 11.1 Å². The Morgan fingerprint density at radius 3 is 2.88 bits per heavy atom. The maximum atomic E-state index is 11.7. The van der Waals surface area contributed by atoms with E-state index in [0.29, 0.717) is 12.5 Å². The van der Waals surface area contributed by atoms with Gasteiger partial charge in [0, 0.05) is 12.6 Å². The average Bonchev–Trinajstić information content (AvgIpc) is 2.96. The Morgan fingerprint density at radius 2 is 2.31 bits per heavy atom. The van der Waals surface area contributed by atoms with Crippen LogP contribution in [0.25, 0.3) is 0 Å². The molecule has 0 aromatic carbocycles. The van der Waals surface area contributed by atoms with E-state index < -0.39 is 0 Å². The molecule has 0 aliphatic heterocycles. The first-order valence-corrected chi connectivity index (χ1v) is 5.55. The van der Waals surface area contributed by atoms with Crippen molar-refractivity contribution in [3.8, 4) is 0 Å². The van der Waals surface area contributed by atoms with Crippen LogP contribution in [0.1, 0.15) is 36.3 Å². The fourth-order valence-electron chi connectivity index (χ4n) is 2.22. The first kappa shape index (κ1) is 11.0. The monoisotopic (exact) mass is 224 g/mol. The molecule has 0 radical (unpaired) electrons. The maximum Gasteiger partial charge on any atom is 0.293 e. The third-order valence-electron chi connectivity index (χ3n) is 3.09. The van der Waals surface area contributed by atoms with E-state index in [-0.39, 0.29) is 17.8 Å². The zero-order valence-electron chi connectivity index (χ0n) is 9.02. The van der Waals surface area contributed by atoms with Gasteiger partial charge < -0.3 is 11.1 Å². The van der Waals surface area contributed by atoms with Gasteiger partial charge in [0.1, 0.15) is 0 Å². The predicted molar refractivity (Wildman–Crippen MR) is 56.4 cm³/mol. The lowest BCUT2D eigenvalue weighted by Gasteiger charge is -2.22. The van der Waals surface area contributed by atoms with Gasteiger partial charge >= 0.3 is 0 Å². The molecule has 0 spiro atoms.